The van der Waals surface area contributed by atoms with Crippen molar-refractivity contribution < 1.29 is 9.59 Å². The predicted octanol–water partition coefficient (Wildman–Crippen LogP) is 1.99. The molecule has 1 saturated heterocycles. The number of nitrogens with one attached hydrogen (secondary N) is 3. The SMILES string of the molecule is CN=C(NCCc1c(C)[nH]c2ccccc12)NCCN1C(=O)C2C3C=CC(C3)C2C1=O. The number of guanidine groups is 1. The van der Waals surface area contributed by atoms with E-state index in [0.717, 1.165) is 24.9 Å². The number of aliphatic imine (C=N–C) groups is 1. The lowest BCUT2D eigenvalue weighted by atomic mass is 9.85. The first kappa shape index (κ1) is 19.8. The van der Waals surface area contributed by atoms with Crippen molar-refractivity contribution in [3.05, 3.63) is 47.7 Å². The van der Waals surface area contributed by atoms with Gasteiger partial charge in [-0.25, -0.2) is 0 Å². The van der Waals surface area contributed by atoms with Gasteiger partial charge in [0.15, 0.2) is 5.96 Å². The first-order chi connectivity index (χ1) is 15.1. The van der Waals surface area contributed by atoms with Gasteiger partial charge in [0.05, 0.1) is 11.8 Å². The molecule has 2 fully saturated rings. The number of aromatic nitrogens is 1. The molecule has 162 valence electrons. The Labute approximate surface area is 182 Å². The first-order valence-corrected chi connectivity index (χ1v) is 11.1. The Bertz CT molecular complexity index is 1050. The summed E-state index contributed by atoms with van der Waals surface area (Å²) >= 11 is 0. The number of hydrogen-bond donors (Lipinski definition) is 3. The molecule has 0 spiro atoms. The molecule has 3 N–H and O–H groups in total. The molecule has 2 aromatic rings. The van der Waals surface area contributed by atoms with Crippen LogP contribution in [-0.2, 0) is 16.0 Å². The van der Waals surface area contributed by atoms with Crippen LogP contribution in [-0.4, -0.2) is 54.3 Å². The number of allylic oxidation sites excluding steroid dienone is 2. The third-order valence-electron chi connectivity index (χ3n) is 7.11. The summed E-state index contributed by atoms with van der Waals surface area (Å²) < 4.78 is 0. The summed E-state index contributed by atoms with van der Waals surface area (Å²) in [5.41, 5.74) is 3.65. The maximum Gasteiger partial charge on any atom is 0.233 e. The molecule has 2 amide bonds. The van der Waals surface area contributed by atoms with E-state index in [1.807, 2.05) is 6.07 Å². The van der Waals surface area contributed by atoms with Gasteiger partial charge in [-0.05, 0) is 43.2 Å². The molecule has 3 aliphatic rings. The maximum absolute atomic E-state index is 12.8. The summed E-state index contributed by atoms with van der Waals surface area (Å²) in [6.07, 6.45) is 6.09. The van der Waals surface area contributed by atoms with Gasteiger partial charge in [-0.1, -0.05) is 30.4 Å². The minimum atomic E-state index is -0.126. The van der Waals surface area contributed by atoms with Crippen molar-refractivity contribution in [3.63, 3.8) is 0 Å². The van der Waals surface area contributed by atoms with Crippen LogP contribution < -0.4 is 10.6 Å². The zero-order chi connectivity index (χ0) is 21.5. The molecule has 1 aromatic carbocycles. The van der Waals surface area contributed by atoms with Crippen LogP contribution >= 0.6 is 0 Å². The topological polar surface area (TPSA) is 89.6 Å². The number of para-hydroxylation sites is 1. The van der Waals surface area contributed by atoms with E-state index in [4.69, 9.17) is 0 Å². The third kappa shape index (κ3) is 3.32. The van der Waals surface area contributed by atoms with Crippen molar-refractivity contribution in [1.29, 1.82) is 0 Å². The highest BCUT2D eigenvalue weighted by Crippen LogP contribution is 2.52. The molecule has 31 heavy (non-hydrogen) atoms. The quantitative estimate of drug-likeness (QED) is 0.289. The minimum absolute atomic E-state index is 0.00593. The van der Waals surface area contributed by atoms with E-state index in [1.54, 1.807) is 7.05 Å². The molecule has 2 aliphatic carbocycles. The molecule has 2 bridgehead atoms. The van der Waals surface area contributed by atoms with Gasteiger partial charge in [0.2, 0.25) is 11.8 Å². The van der Waals surface area contributed by atoms with E-state index in [9.17, 15) is 9.59 Å². The number of aryl methyl sites for hydroxylation is 1. The molecular weight excluding hydrogens is 390 g/mol. The van der Waals surface area contributed by atoms with Gasteiger partial charge in [0.25, 0.3) is 0 Å². The second kappa shape index (κ2) is 7.87. The van der Waals surface area contributed by atoms with E-state index in [0.29, 0.717) is 19.0 Å². The summed E-state index contributed by atoms with van der Waals surface area (Å²) in [7, 11) is 1.73. The third-order valence-corrected chi connectivity index (χ3v) is 7.11. The van der Waals surface area contributed by atoms with E-state index < -0.39 is 0 Å². The Hall–Kier alpha value is -3.09. The van der Waals surface area contributed by atoms with E-state index in [1.165, 1.54) is 21.5 Å². The number of benzene rings is 1. The Morgan fingerprint density at radius 1 is 1.10 bits per heavy atom. The zero-order valence-corrected chi connectivity index (χ0v) is 18.0. The molecule has 4 atom stereocenters. The highest BCUT2D eigenvalue weighted by Gasteiger charge is 2.58. The van der Waals surface area contributed by atoms with Gasteiger partial charge in [-0.2, -0.15) is 0 Å². The largest absolute Gasteiger partial charge is 0.358 e. The van der Waals surface area contributed by atoms with Crippen LogP contribution in [0.15, 0.2) is 41.4 Å². The monoisotopic (exact) mass is 419 g/mol. The van der Waals surface area contributed by atoms with Crippen LogP contribution in [0.2, 0.25) is 0 Å². The molecule has 4 unspecified atom stereocenters. The number of aromatic amines is 1. The van der Waals surface area contributed by atoms with Gasteiger partial charge < -0.3 is 15.6 Å². The number of amides is 2. The lowest BCUT2D eigenvalue weighted by Crippen LogP contribution is -2.44. The second-order valence-electron chi connectivity index (χ2n) is 8.78. The number of rotatable bonds is 6. The fourth-order valence-electron chi connectivity index (χ4n) is 5.65. The fourth-order valence-corrected chi connectivity index (χ4v) is 5.65. The molecule has 1 saturated carbocycles. The normalized spacial score (nSPS) is 26.9. The molecular formula is C24H29N5O2. The number of carbonyl (C=O) groups excluding carboxylic acids is 2. The Kier molecular flexibility index (Phi) is 5.04. The second-order valence-corrected chi connectivity index (χ2v) is 8.78. The predicted molar refractivity (Wildman–Crippen MR) is 121 cm³/mol. The van der Waals surface area contributed by atoms with Gasteiger partial charge in [0.1, 0.15) is 0 Å². The van der Waals surface area contributed by atoms with Crippen molar-refractivity contribution in [3.8, 4) is 0 Å². The number of fused-ring (bicyclic) bond motifs is 6. The van der Waals surface area contributed by atoms with Crippen molar-refractivity contribution in [2.24, 2.45) is 28.7 Å². The molecule has 0 radical (unpaired) electrons. The van der Waals surface area contributed by atoms with Crippen LogP contribution in [0.3, 0.4) is 0 Å². The summed E-state index contributed by atoms with van der Waals surface area (Å²) in [4.78, 5) is 34.7. The molecule has 7 nitrogen and oxygen atoms in total. The number of H-pyrrole nitrogens is 1. The smallest absolute Gasteiger partial charge is 0.233 e. The molecule has 1 aromatic heterocycles. The minimum Gasteiger partial charge on any atom is -0.358 e. The lowest BCUT2D eigenvalue weighted by molar-refractivity contribution is -0.140. The van der Waals surface area contributed by atoms with Crippen LogP contribution in [0.5, 0.6) is 0 Å². The van der Waals surface area contributed by atoms with Crippen LogP contribution in [0.4, 0.5) is 0 Å². The number of imide groups is 1. The Morgan fingerprint density at radius 2 is 1.77 bits per heavy atom. The Morgan fingerprint density at radius 3 is 2.48 bits per heavy atom. The van der Waals surface area contributed by atoms with Crippen molar-refractivity contribution >= 4 is 28.7 Å². The van der Waals surface area contributed by atoms with Crippen molar-refractivity contribution in [1.82, 2.24) is 20.5 Å². The van der Waals surface area contributed by atoms with Gasteiger partial charge in [-0.15, -0.1) is 0 Å². The lowest BCUT2D eigenvalue weighted by Gasteiger charge is -2.18. The zero-order valence-electron chi connectivity index (χ0n) is 18.0. The summed E-state index contributed by atoms with van der Waals surface area (Å²) in [6, 6.07) is 8.33. The van der Waals surface area contributed by atoms with E-state index >= 15 is 0 Å². The van der Waals surface area contributed by atoms with E-state index in [2.05, 4.69) is 57.9 Å². The average Bonchev–Trinajstić information content (AvgIpc) is 3.51. The number of likely N-dealkylation sites (tertiary alicyclic amines) is 1. The van der Waals surface area contributed by atoms with E-state index in [-0.39, 0.29) is 35.5 Å². The fraction of sp³-hybridized carbons (Fsp3) is 0.458. The van der Waals surface area contributed by atoms with Gasteiger partial charge in [-0.3, -0.25) is 19.5 Å². The van der Waals surface area contributed by atoms with Gasteiger partial charge in [0, 0.05) is 43.3 Å². The average molecular weight is 420 g/mol. The highest BCUT2D eigenvalue weighted by molar-refractivity contribution is 6.06. The molecule has 1 aliphatic heterocycles. The molecule has 7 heteroatoms. The van der Waals surface area contributed by atoms with Crippen LogP contribution in [0.25, 0.3) is 10.9 Å². The number of carbonyl (C=O) groups is 2. The standard InChI is InChI=1S/C24H29N5O2/c1-14-17(18-5-3-4-6-19(18)28-14)9-10-26-24(25-2)27-11-12-29-22(30)20-15-7-8-16(13-15)21(20)23(29)31/h3-8,15-16,20-21,28H,9-13H2,1-2H3,(H2,25,26,27). The Balaban J connectivity index is 1.12. The number of nitrogens with zero attached hydrogens (tertiary/aromatic N) is 2. The van der Waals surface area contributed by atoms with Crippen LogP contribution in [0, 0.1) is 30.6 Å². The number of hydrogen-bond acceptors (Lipinski definition) is 3. The molecule has 2 heterocycles. The maximum atomic E-state index is 12.8. The summed E-state index contributed by atoms with van der Waals surface area (Å²) in [5, 5.41) is 7.83. The van der Waals surface area contributed by atoms with Crippen molar-refractivity contribution in [2.45, 2.75) is 19.8 Å². The molecule has 5 rings (SSSR count). The highest BCUT2D eigenvalue weighted by atomic mass is 16.2. The van der Waals surface area contributed by atoms with Crippen LogP contribution in [0.1, 0.15) is 17.7 Å². The summed E-state index contributed by atoms with van der Waals surface area (Å²) in [6.45, 7) is 3.71. The van der Waals surface area contributed by atoms with Crippen molar-refractivity contribution in [2.75, 3.05) is 26.7 Å². The van der Waals surface area contributed by atoms with Gasteiger partial charge >= 0.3 is 0 Å². The first-order valence-electron chi connectivity index (χ1n) is 11.1. The summed E-state index contributed by atoms with van der Waals surface area (Å²) in [5.74, 6) is 0.952.